The molecule has 0 saturated heterocycles. The third-order valence-corrected chi connectivity index (χ3v) is 5.76. The number of hydrogen-bond donors (Lipinski definition) is 1. The summed E-state index contributed by atoms with van der Waals surface area (Å²) in [4.78, 5) is 0.246. The van der Waals surface area contributed by atoms with Crippen LogP contribution in [0.5, 0.6) is 11.5 Å². The predicted molar refractivity (Wildman–Crippen MR) is 99.2 cm³/mol. The minimum atomic E-state index is -3.47. The van der Waals surface area contributed by atoms with Crippen LogP contribution in [-0.2, 0) is 16.6 Å². The molecule has 2 aromatic carbocycles. The molecule has 0 saturated carbocycles. The molecule has 136 valence electrons. The van der Waals surface area contributed by atoms with Gasteiger partial charge in [0.15, 0.2) is 11.5 Å². The van der Waals surface area contributed by atoms with Crippen molar-refractivity contribution in [2.45, 2.75) is 11.4 Å². The van der Waals surface area contributed by atoms with Crippen molar-refractivity contribution in [2.24, 2.45) is 0 Å². The second-order valence-electron chi connectivity index (χ2n) is 5.48. The maximum Gasteiger partial charge on any atom is 0.242 e. The lowest BCUT2D eigenvalue weighted by molar-refractivity contribution is 0.355. The zero-order valence-corrected chi connectivity index (χ0v) is 16.1. The van der Waals surface area contributed by atoms with Gasteiger partial charge in [-0.1, -0.05) is 23.7 Å². The molecule has 2 aromatic rings. The van der Waals surface area contributed by atoms with Crippen molar-refractivity contribution in [3.05, 3.63) is 47.0 Å². The van der Waals surface area contributed by atoms with Crippen molar-refractivity contribution in [1.29, 1.82) is 0 Å². The average Bonchev–Trinajstić information content (AvgIpc) is 2.60. The normalized spacial score (nSPS) is 11.4. The Balaban J connectivity index is 2.23. The summed E-state index contributed by atoms with van der Waals surface area (Å²) < 4.78 is 36.1. The van der Waals surface area contributed by atoms with Crippen molar-refractivity contribution in [3.8, 4) is 11.5 Å². The van der Waals surface area contributed by atoms with Gasteiger partial charge in [0.1, 0.15) is 0 Å². The van der Waals surface area contributed by atoms with Gasteiger partial charge in [0.2, 0.25) is 10.0 Å². The van der Waals surface area contributed by atoms with E-state index in [1.807, 2.05) is 6.07 Å². The summed E-state index contributed by atoms with van der Waals surface area (Å²) in [5, 5.41) is 3.67. The van der Waals surface area contributed by atoms with E-state index in [-0.39, 0.29) is 4.90 Å². The van der Waals surface area contributed by atoms with E-state index in [1.165, 1.54) is 25.5 Å². The highest BCUT2D eigenvalue weighted by Gasteiger charge is 2.17. The highest BCUT2D eigenvalue weighted by Crippen LogP contribution is 2.36. The molecule has 0 atom stereocenters. The summed E-state index contributed by atoms with van der Waals surface area (Å²) in [6.45, 7) is 0.409. The third-order valence-electron chi connectivity index (χ3n) is 3.63. The van der Waals surface area contributed by atoms with Crippen LogP contribution in [0.1, 0.15) is 5.56 Å². The van der Waals surface area contributed by atoms with Crippen LogP contribution in [0, 0.1) is 0 Å². The number of rotatable bonds is 7. The molecule has 6 nitrogen and oxygen atoms in total. The van der Waals surface area contributed by atoms with Crippen molar-refractivity contribution < 1.29 is 17.9 Å². The molecular formula is C17H21ClN2O4S. The molecule has 0 unspecified atom stereocenters. The second kappa shape index (κ2) is 7.95. The topological polar surface area (TPSA) is 67.9 Å². The number of benzene rings is 2. The van der Waals surface area contributed by atoms with E-state index in [4.69, 9.17) is 21.1 Å². The Labute approximate surface area is 153 Å². The van der Waals surface area contributed by atoms with Crippen LogP contribution >= 0.6 is 11.6 Å². The zero-order valence-electron chi connectivity index (χ0n) is 14.5. The highest BCUT2D eigenvalue weighted by atomic mass is 35.5. The van der Waals surface area contributed by atoms with Gasteiger partial charge in [-0.15, -0.1) is 0 Å². The van der Waals surface area contributed by atoms with Gasteiger partial charge in [0, 0.05) is 32.8 Å². The first kappa shape index (κ1) is 19.4. The first-order chi connectivity index (χ1) is 11.8. The lowest BCUT2D eigenvalue weighted by atomic mass is 10.2. The second-order valence-corrected chi connectivity index (χ2v) is 8.03. The maximum atomic E-state index is 12.2. The van der Waals surface area contributed by atoms with E-state index in [0.29, 0.717) is 28.8 Å². The van der Waals surface area contributed by atoms with E-state index in [1.54, 1.807) is 37.4 Å². The summed E-state index contributed by atoms with van der Waals surface area (Å²) in [6.07, 6.45) is 0. The molecular weight excluding hydrogens is 364 g/mol. The molecule has 0 fully saturated rings. The molecule has 1 N–H and O–H groups in total. The molecule has 25 heavy (non-hydrogen) atoms. The molecule has 0 aliphatic carbocycles. The number of hydrogen-bond acceptors (Lipinski definition) is 5. The van der Waals surface area contributed by atoms with Crippen molar-refractivity contribution >= 4 is 27.3 Å². The number of anilines is 1. The SMILES string of the molecule is COc1cc(Cl)c(NCc2cccc(S(=O)(=O)N(C)C)c2)cc1OC. The fourth-order valence-electron chi connectivity index (χ4n) is 2.21. The van der Waals surface area contributed by atoms with E-state index in [0.717, 1.165) is 5.56 Å². The van der Waals surface area contributed by atoms with Gasteiger partial charge in [-0.25, -0.2) is 12.7 Å². The Kier molecular flexibility index (Phi) is 6.16. The third kappa shape index (κ3) is 4.36. The predicted octanol–water partition coefficient (Wildman–Crippen LogP) is 3.22. The summed E-state index contributed by atoms with van der Waals surface area (Å²) in [5.41, 5.74) is 1.48. The Bertz CT molecular complexity index is 854. The summed E-state index contributed by atoms with van der Waals surface area (Å²) >= 11 is 6.25. The summed E-state index contributed by atoms with van der Waals surface area (Å²) in [5.74, 6) is 1.09. The minimum absolute atomic E-state index is 0.246. The Hall–Kier alpha value is -1.96. The van der Waals surface area contributed by atoms with Gasteiger partial charge >= 0.3 is 0 Å². The largest absolute Gasteiger partial charge is 0.493 e. The van der Waals surface area contributed by atoms with Crippen LogP contribution in [0.4, 0.5) is 5.69 Å². The maximum absolute atomic E-state index is 12.2. The summed E-state index contributed by atoms with van der Waals surface area (Å²) in [7, 11) is 2.63. The number of ether oxygens (including phenoxy) is 2. The van der Waals surface area contributed by atoms with E-state index in [2.05, 4.69) is 5.32 Å². The van der Waals surface area contributed by atoms with Gasteiger partial charge in [-0.3, -0.25) is 0 Å². The Morgan fingerprint density at radius 3 is 2.32 bits per heavy atom. The monoisotopic (exact) mass is 384 g/mol. The number of methoxy groups -OCH3 is 2. The molecule has 0 aliphatic heterocycles. The van der Waals surface area contributed by atoms with Crippen LogP contribution in [-0.4, -0.2) is 41.0 Å². The number of sulfonamides is 1. The molecule has 0 aliphatic rings. The molecule has 0 aromatic heterocycles. The van der Waals surface area contributed by atoms with E-state index < -0.39 is 10.0 Å². The molecule has 8 heteroatoms. The fourth-order valence-corrected chi connectivity index (χ4v) is 3.41. The van der Waals surface area contributed by atoms with Crippen LogP contribution < -0.4 is 14.8 Å². The Morgan fingerprint density at radius 2 is 1.72 bits per heavy atom. The lowest BCUT2D eigenvalue weighted by Gasteiger charge is -2.15. The lowest BCUT2D eigenvalue weighted by Crippen LogP contribution is -2.22. The highest BCUT2D eigenvalue weighted by molar-refractivity contribution is 7.89. The smallest absolute Gasteiger partial charge is 0.242 e. The number of halogens is 1. The van der Waals surface area contributed by atoms with Gasteiger partial charge in [0.25, 0.3) is 0 Å². The zero-order chi connectivity index (χ0) is 18.6. The van der Waals surface area contributed by atoms with Crippen molar-refractivity contribution in [3.63, 3.8) is 0 Å². The van der Waals surface area contributed by atoms with Gasteiger partial charge in [-0.2, -0.15) is 0 Å². The number of nitrogens with one attached hydrogen (secondary N) is 1. The van der Waals surface area contributed by atoms with Crippen LogP contribution in [0.3, 0.4) is 0 Å². The minimum Gasteiger partial charge on any atom is -0.493 e. The molecule has 0 amide bonds. The quantitative estimate of drug-likeness (QED) is 0.793. The van der Waals surface area contributed by atoms with Crippen molar-refractivity contribution in [2.75, 3.05) is 33.6 Å². The van der Waals surface area contributed by atoms with Gasteiger partial charge in [-0.05, 0) is 17.7 Å². The first-order valence-corrected chi connectivity index (χ1v) is 9.28. The molecule has 0 spiro atoms. The van der Waals surface area contributed by atoms with E-state index >= 15 is 0 Å². The standard InChI is InChI=1S/C17H21ClN2O4S/c1-20(2)25(21,22)13-7-5-6-12(8-13)11-19-15-10-17(24-4)16(23-3)9-14(15)18/h5-10,19H,11H2,1-4H3. The molecule has 0 heterocycles. The van der Waals surface area contributed by atoms with Gasteiger partial charge in [0.05, 0.1) is 29.8 Å². The number of nitrogens with zero attached hydrogens (tertiary/aromatic N) is 1. The van der Waals surface area contributed by atoms with Crippen molar-refractivity contribution in [1.82, 2.24) is 4.31 Å². The molecule has 0 bridgehead atoms. The van der Waals surface area contributed by atoms with Crippen LogP contribution in [0.25, 0.3) is 0 Å². The fraction of sp³-hybridized carbons (Fsp3) is 0.294. The van der Waals surface area contributed by atoms with Gasteiger partial charge < -0.3 is 14.8 Å². The van der Waals surface area contributed by atoms with E-state index in [9.17, 15) is 8.42 Å². The van der Waals surface area contributed by atoms with Crippen LogP contribution in [0.2, 0.25) is 5.02 Å². The van der Waals surface area contributed by atoms with Crippen LogP contribution in [0.15, 0.2) is 41.3 Å². The molecule has 0 radical (unpaired) electrons. The Morgan fingerprint density at radius 1 is 1.08 bits per heavy atom. The summed E-state index contributed by atoms with van der Waals surface area (Å²) in [6, 6.07) is 10.2. The molecule has 2 rings (SSSR count). The first-order valence-electron chi connectivity index (χ1n) is 7.46. The average molecular weight is 385 g/mol.